The van der Waals surface area contributed by atoms with Crippen LogP contribution in [0.1, 0.15) is 17.3 Å². The van der Waals surface area contributed by atoms with Crippen molar-refractivity contribution < 1.29 is 27.4 Å². The molecule has 0 bridgehead atoms. The van der Waals surface area contributed by atoms with Gasteiger partial charge in [0.05, 0.1) is 11.3 Å². The smallest absolute Gasteiger partial charge is 0.335 e. The Hall–Kier alpha value is -2.13. The number of ether oxygens (including phenoxy) is 1. The molecule has 0 saturated carbocycles. The Morgan fingerprint density at radius 1 is 1.29 bits per heavy atom. The summed E-state index contributed by atoms with van der Waals surface area (Å²) in [5.74, 6) is -2.10. The van der Waals surface area contributed by atoms with Gasteiger partial charge < -0.3 is 9.84 Å². The molecule has 0 aromatic heterocycles. The molecule has 0 radical (unpaired) electrons. The summed E-state index contributed by atoms with van der Waals surface area (Å²) < 4.78 is 47.0. The maximum absolute atomic E-state index is 14.3. The zero-order valence-electron chi connectivity index (χ0n) is 12.2. The number of carboxylic acids is 1. The highest BCUT2D eigenvalue weighted by Gasteiger charge is 2.39. The highest BCUT2D eigenvalue weighted by atomic mass is 79.9. The fourth-order valence-corrected chi connectivity index (χ4v) is 4.67. The predicted octanol–water partition coefficient (Wildman–Crippen LogP) is 3.22. The maximum atomic E-state index is 14.3. The fraction of sp³-hybridized carbons (Fsp3) is 0.133. The quantitative estimate of drug-likeness (QED) is 0.813. The Balaban J connectivity index is 2.17. The molecule has 1 aliphatic heterocycles. The monoisotopic (exact) mass is 415 g/mol. The van der Waals surface area contributed by atoms with Crippen LogP contribution >= 0.6 is 15.9 Å². The van der Waals surface area contributed by atoms with E-state index in [1.807, 2.05) is 0 Å². The molecule has 1 N–H and O–H groups in total. The number of hydrogen-bond donors (Lipinski definition) is 1. The lowest BCUT2D eigenvalue weighted by Crippen LogP contribution is -2.46. The lowest BCUT2D eigenvalue weighted by molar-refractivity contribution is 0.0696. The van der Waals surface area contributed by atoms with Crippen molar-refractivity contribution in [3.63, 3.8) is 0 Å². The number of aromatic carboxylic acids is 1. The van der Waals surface area contributed by atoms with Crippen LogP contribution in [0.5, 0.6) is 5.75 Å². The van der Waals surface area contributed by atoms with Gasteiger partial charge in [-0.2, -0.15) is 0 Å². The topological polar surface area (TPSA) is 83.9 Å². The molecule has 2 aromatic rings. The fourth-order valence-electron chi connectivity index (χ4n) is 2.46. The first-order chi connectivity index (χ1) is 11.2. The minimum absolute atomic E-state index is 0.100. The van der Waals surface area contributed by atoms with Crippen LogP contribution in [0.3, 0.4) is 0 Å². The molecule has 6 nitrogen and oxygen atoms in total. The number of carbonyl (C=O) groups is 1. The van der Waals surface area contributed by atoms with Crippen LogP contribution in [-0.2, 0) is 10.0 Å². The minimum atomic E-state index is -4.07. The van der Waals surface area contributed by atoms with Gasteiger partial charge in [-0.3, -0.25) is 0 Å². The van der Waals surface area contributed by atoms with Crippen molar-refractivity contribution >= 4 is 37.6 Å². The van der Waals surface area contributed by atoms with E-state index in [1.54, 1.807) is 6.07 Å². The Kier molecular flexibility index (Phi) is 4.00. The van der Waals surface area contributed by atoms with Gasteiger partial charge in [-0.05, 0) is 43.3 Å². The zero-order valence-corrected chi connectivity index (χ0v) is 14.6. The molecule has 1 atom stereocenters. The second kappa shape index (κ2) is 5.75. The third kappa shape index (κ3) is 2.63. The second-order valence-electron chi connectivity index (χ2n) is 5.08. The van der Waals surface area contributed by atoms with Crippen molar-refractivity contribution in [1.29, 1.82) is 0 Å². The van der Waals surface area contributed by atoms with Gasteiger partial charge in [-0.15, -0.1) is 0 Å². The highest BCUT2D eigenvalue weighted by molar-refractivity contribution is 9.10. The number of sulfonamides is 1. The molecule has 0 aliphatic carbocycles. The summed E-state index contributed by atoms with van der Waals surface area (Å²) in [6.45, 7) is 1.47. The summed E-state index contributed by atoms with van der Waals surface area (Å²) in [7, 11) is -4.07. The highest BCUT2D eigenvalue weighted by Crippen LogP contribution is 2.39. The number of benzene rings is 2. The Morgan fingerprint density at radius 3 is 2.62 bits per heavy atom. The van der Waals surface area contributed by atoms with Gasteiger partial charge in [-0.25, -0.2) is 21.9 Å². The number of anilines is 1. The molecule has 3 rings (SSSR count). The molecule has 126 valence electrons. The molecule has 0 unspecified atom stereocenters. The molecule has 1 heterocycles. The Labute approximate surface area is 145 Å². The van der Waals surface area contributed by atoms with Gasteiger partial charge in [0.15, 0.2) is 6.23 Å². The molecule has 0 spiro atoms. The van der Waals surface area contributed by atoms with Crippen LogP contribution in [0.4, 0.5) is 10.1 Å². The Bertz CT molecular complexity index is 947. The third-order valence-corrected chi connectivity index (χ3v) is 5.88. The normalized spacial score (nSPS) is 18.6. The molecular weight excluding hydrogens is 405 g/mol. The number of carboxylic acid groups (broad SMARTS) is 1. The van der Waals surface area contributed by atoms with E-state index in [4.69, 9.17) is 9.84 Å². The maximum Gasteiger partial charge on any atom is 0.335 e. The van der Waals surface area contributed by atoms with Crippen LogP contribution in [0, 0.1) is 5.82 Å². The van der Waals surface area contributed by atoms with E-state index in [1.165, 1.54) is 19.1 Å². The average Bonchev–Trinajstić information content (AvgIpc) is 2.49. The van der Waals surface area contributed by atoms with Crippen molar-refractivity contribution in [1.82, 2.24) is 0 Å². The van der Waals surface area contributed by atoms with Crippen LogP contribution in [0.2, 0.25) is 0 Å². The molecule has 24 heavy (non-hydrogen) atoms. The summed E-state index contributed by atoms with van der Waals surface area (Å²) in [5.41, 5.74) is -0.555. The van der Waals surface area contributed by atoms with E-state index in [2.05, 4.69) is 15.9 Å². The van der Waals surface area contributed by atoms with Crippen LogP contribution in [0.15, 0.2) is 45.8 Å². The standard InChI is InChI=1S/C15H11BrFNO5S/c1-8-18(12-4-2-9(15(19)20)6-11(12)17)24(21,22)14-7-10(16)3-5-13(14)23-8/h2-8H,1H3,(H,19,20)/t8-/m1/s1. The van der Waals surface area contributed by atoms with Gasteiger partial charge in [0.25, 0.3) is 10.0 Å². The van der Waals surface area contributed by atoms with Gasteiger partial charge >= 0.3 is 5.97 Å². The van der Waals surface area contributed by atoms with E-state index < -0.39 is 28.0 Å². The lowest BCUT2D eigenvalue weighted by atomic mass is 10.2. The lowest BCUT2D eigenvalue weighted by Gasteiger charge is -2.35. The van der Waals surface area contributed by atoms with Crippen molar-refractivity contribution in [3.05, 3.63) is 52.3 Å². The van der Waals surface area contributed by atoms with Crippen molar-refractivity contribution in [3.8, 4) is 5.75 Å². The van der Waals surface area contributed by atoms with Gasteiger partial charge in [-0.1, -0.05) is 15.9 Å². The second-order valence-corrected chi connectivity index (χ2v) is 7.78. The van der Waals surface area contributed by atoms with E-state index in [0.29, 0.717) is 4.47 Å². The summed E-state index contributed by atoms with van der Waals surface area (Å²) >= 11 is 3.20. The molecule has 2 aromatic carbocycles. The van der Waals surface area contributed by atoms with Gasteiger partial charge in [0, 0.05) is 4.47 Å². The molecule has 9 heteroatoms. The summed E-state index contributed by atoms with van der Waals surface area (Å²) in [6, 6.07) is 7.54. The van der Waals surface area contributed by atoms with Crippen molar-refractivity contribution in [2.45, 2.75) is 18.0 Å². The number of halogens is 2. The van der Waals surface area contributed by atoms with E-state index >= 15 is 0 Å². The van der Waals surface area contributed by atoms with Crippen molar-refractivity contribution in [2.75, 3.05) is 4.31 Å². The first kappa shape index (κ1) is 16.7. The molecule has 0 saturated heterocycles. The first-order valence-corrected chi connectivity index (χ1v) is 8.98. The number of hydrogen-bond acceptors (Lipinski definition) is 4. The Morgan fingerprint density at radius 2 is 2.00 bits per heavy atom. The predicted molar refractivity (Wildman–Crippen MR) is 87.3 cm³/mol. The van der Waals surface area contributed by atoms with E-state index in [-0.39, 0.29) is 21.9 Å². The van der Waals surface area contributed by atoms with E-state index in [0.717, 1.165) is 22.5 Å². The van der Waals surface area contributed by atoms with Crippen LogP contribution < -0.4 is 9.04 Å². The number of rotatable bonds is 2. The van der Waals surface area contributed by atoms with Crippen LogP contribution in [0.25, 0.3) is 0 Å². The molecule has 1 aliphatic rings. The molecule has 0 amide bonds. The van der Waals surface area contributed by atoms with Crippen LogP contribution in [-0.4, -0.2) is 25.7 Å². The molecular formula is C15H11BrFNO5S. The number of fused-ring (bicyclic) bond motifs is 1. The average molecular weight is 416 g/mol. The summed E-state index contributed by atoms with van der Waals surface area (Å²) in [5, 5.41) is 8.90. The summed E-state index contributed by atoms with van der Waals surface area (Å²) in [4.78, 5) is 10.8. The van der Waals surface area contributed by atoms with Gasteiger partial charge in [0.2, 0.25) is 0 Å². The van der Waals surface area contributed by atoms with Crippen molar-refractivity contribution in [2.24, 2.45) is 0 Å². The van der Waals surface area contributed by atoms with Gasteiger partial charge in [0.1, 0.15) is 16.5 Å². The SMILES string of the molecule is C[C@H]1Oc2ccc(Br)cc2S(=O)(=O)N1c1ccc(C(=O)O)cc1F. The first-order valence-electron chi connectivity index (χ1n) is 6.75. The summed E-state index contributed by atoms with van der Waals surface area (Å²) in [6.07, 6.45) is -0.992. The number of nitrogens with zero attached hydrogens (tertiary/aromatic N) is 1. The largest absolute Gasteiger partial charge is 0.478 e. The molecule has 0 fully saturated rings. The van der Waals surface area contributed by atoms with E-state index in [9.17, 15) is 17.6 Å². The minimum Gasteiger partial charge on any atom is -0.478 e. The third-order valence-electron chi connectivity index (χ3n) is 3.50. The zero-order chi connectivity index (χ0) is 17.6.